The number of nitrogens with zero attached hydrogens (tertiary/aromatic N) is 7. The topological polar surface area (TPSA) is 72.6 Å². The predicted molar refractivity (Wildman–Crippen MR) is 84.1 cm³/mol. The number of hydrogen-bond acceptors (Lipinski definition) is 6. The van der Waals surface area contributed by atoms with Crippen LogP contribution in [0.5, 0.6) is 0 Å². The molecule has 0 bridgehead atoms. The lowest BCUT2D eigenvalue weighted by atomic mass is 10.1. The molecule has 0 unspecified atom stereocenters. The van der Waals surface area contributed by atoms with Gasteiger partial charge in [-0.15, -0.1) is 0 Å². The number of aryl methyl sites for hydroxylation is 1. The summed E-state index contributed by atoms with van der Waals surface area (Å²) in [4.78, 5) is 19.6. The minimum absolute atomic E-state index is 0.699. The van der Waals surface area contributed by atoms with Crippen molar-refractivity contribution in [3.63, 3.8) is 0 Å². The Morgan fingerprint density at radius 3 is 2.78 bits per heavy atom. The van der Waals surface area contributed by atoms with Crippen molar-refractivity contribution in [2.24, 2.45) is 7.05 Å². The molecule has 0 amide bonds. The van der Waals surface area contributed by atoms with Crippen molar-refractivity contribution in [2.45, 2.75) is 19.5 Å². The van der Waals surface area contributed by atoms with Gasteiger partial charge in [-0.3, -0.25) is 9.58 Å². The van der Waals surface area contributed by atoms with Crippen molar-refractivity contribution in [3.8, 4) is 11.4 Å². The van der Waals surface area contributed by atoms with Crippen LogP contribution in [0.25, 0.3) is 11.4 Å². The Balaban J connectivity index is 1.52. The van der Waals surface area contributed by atoms with Crippen molar-refractivity contribution in [1.82, 2.24) is 34.6 Å². The molecule has 3 aromatic heterocycles. The van der Waals surface area contributed by atoms with Crippen molar-refractivity contribution in [3.05, 3.63) is 54.1 Å². The summed E-state index contributed by atoms with van der Waals surface area (Å²) in [6, 6.07) is 0. The molecule has 0 radical (unpaired) electrons. The lowest BCUT2D eigenvalue weighted by molar-refractivity contribution is 0.243. The monoisotopic (exact) mass is 307 g/mol. The second-order valence-corrected chi connectivity index (χ2v) is 5.78. The first-order chi connectivity index (χ1) is 11.3. The standard InChI is InChI=1S/C16H17N7/c1-22-8-12(4-20-22)9-23-3-2-15-14(10-23)7-19-16(21-15)13-5-17-11-18-6-13/h4-8,11H,2-3,9-10H2,1H3. The highest BCUT2D eigenvalue weighted by Crippen LogP contribution is 2.21. The maximum absolute atomic E-state index is 4.69. The highest BCUT2D eigenvalue weighted by atomic mass is 15.2. The Kier molecular flexibility index (Phi) is 3.55. The van der Waals surface area contributed by atoms with Crippen LogP contribution in [-0.4, -0.2) is 41.2 Å². The van der Waals surface area contributed by atoms with Crippen LogP contribution in [0.15, 0.2) is 37.3 Å². The quantitative estimate of drug-likeness (QED) is 0.724. The number of aromatic nitrogens is 6. The van der Waals surface area contributed by atoms with Crippen LogP contribution in [-0.2, 0) is 26.6 Å². The van der Waals surface area contributed by atoms with Crippen LogP contribution in [0.1, 0.15) is 16.8 Å². The van der Waals surface area contributed by atoms with Gasteiger partial charge in [0.15, 0.2) is 5.82 Å². The third-order valence-corrected chi connectivity index (χ3v) is 4.00. The van der Waals surface area contributed by atoms with E-state index in [0.29, 0.717) is 5.82 Å². The number of fused-ring (bicyclic) bond motifs is 1. The van der Waals surface area contributed by atoms with Gasteiger partial charge < -0.3 is 0 Å². The first-order valence-electron chi connectivity index (χ1n) is 7.58. The van der Waals surface area contributed by atoms with Crippen LogP contribution in [0, 0.1) is 0 Å². The number of rotatable bonds is 3. The summed E-state index contributed by atoms with van der Waals surface area (Å²) in [5.74, 6) is 0.699. The maximum atomic E-state index is 4.69. The largest absolute Gasteiger partial charge is 0.294 e. The van der Waals surface area contributed by atoms with E-state index in [9.17, 15) is 0 Å². The summed E-state index contributed by atoms with van der Waals surface area (Å²) in [5, 5.41) is 4.23. The lowest BCUT2D eigenvalue weighted by Crippen LogP contribution is -2.30. The van der Waals surface area contributed by atoms with E-state index in [1.54, 1.807) is 12.4 Å². The summed E-state index contributed by atoms with van der Waals surface area (Å²) in [5.41, 5.74) is 4.41. The molecular weight excluding hydrogens is 290 g/mol. The Labute approximate surface area is 134 Å². The van der Waals surface area contributed by atoms with Crippen LogP contribution in [0.4, 0.5) is 0 Å². The van der Waals surface area contributed by atoms with Crippen LogP contribution >= 0.6 is 0 Å². The van der Waals surface area contributed by atoms with E-state index in [1.165, 1.54) is 17.5 Å². The van der Waals surface area contributed by atoms with Gasteiger partial charge in [0.05, 0.1) is 17.5 Å². The Morgan fingerprint density at radius 1 is 1.13 bits per heavy atom. The van der Waals surface area contributed by atoms with E-state index >= 15 is 0 Å². The highest BCUT2D eigenvalue weighted by Gasteiger charge is 2.19. The van der Waals surface area contributed by atoms with E-state index in [4.69, 9.17) is 4.98 Å². The minimum Gasteiger partial charge on any atom is -0.294 e. The van der Waals surface area contributed by atoms with Gasteiger partial charge in [-0.25, -0.2) is 19.9 Å². The SMILES string of the molecule is Cn1cc(CN2CCc3nc(-c4cncnc4)ncc3C2)cn1. The fourth-order valence-electron chi connectivity index (χ4n) is 2.87. The maximum Gasteiger partial charge on any atom is 0.162 e. The lowest BCUT2D eigenvalue weighted by Gasteiger charge is -2.27. The van der Waals surface area contributed by atoms with Gasteiger partial charge >= 0.3 is 0 Å². The average molecular weight is 307 g/mol. The van der Waals surface area contributed by atoms with E-state index < -0.39 is 0 Å². The molecule has 7 heteroatoms. The Hall–Kier alpha value is -2.67. The molecule has 0 spiro atoms. The van der Waals surface area contributed by atoms with Crippen molar-refractivity contribution in [1.29, 1.82) is 0 Å². The number of hydrogen-bond donors (Lipinski definition) is 0. The average Bonchev–Trinajstić information content (AvgIpc) is 3.00. The van der Waals surface area contributed by atoms with E-state index in [1.807, 2.05) is 24.1 Å². The zero-order valence-electron chi connectivity index (χ0n) is 12.9. The second-order valence-electron chi connectivity index (χ2n) is 5.78. The molecule has 1 aliphatic heterocycles. The van der Waals surface area contributed by atoms with Gasteiger partial charge in [-0.05, 0) is 0 Å². The van der Waals surface area contributed by atoms with Gasteiger partial charge in [-0.2, -0.15) is 5.10 Å². The molecule has 7 nitrogen and oxygen atoms in total. The van der Waals surface area contributed by atoms with E-state index in [-0.39, 0.29) is 0 Å². The van der Waals surface area contributed by atoms with Crippen molar-refractivity contribution < 1.29 is 0 Å². The van der Waals surface area contributed by atoms with E-state index in [2.05, 4.69) is 31.1 Å². The van der Waals surface area contributed by atoms with Gasteiger partial charge in [0, 0.05) is 69.0 Å². The first kappa shape index (κ1) is 14.0. The van der Waals surface area contributed by atoms with Gasteiger partial charge in [0.25, 0.3) is 0 Å². The van der Waals surface area contributed by atoms with Crippen LogP contribution in [0.3, 0.4) is 0 Å². The molecule has 4 rings (SSSR count). The fourth-order valence-corrected chi connectivity index (χ4v) is 2.87. The molecule has 1 aliphatic rings. The Morgan fingerprint density at radius 2 is 2.00 bits per heavy atom. The second kappa shape index (κ2) is 5.85. The molecule has 116 valence electrons. The summed E-state index contributed by atoms with van der Waals surface area (Å²) in [6.07, 6.45) is 11.8. The van der Waals surface area contributed by atoms with Crippen molar-refractivity contribution >= 4 is 0 Å². The molecule has 0 saturated heterocycles. The normalized spacial score (nSPS) is 14.7. The Bertz CT molecular complexity index is 812. The molecule has 4 heterocycles. The van der Waals surface area contributed by atoms with Gasteiger partial charge in [0.2, 0.25) is 0 Å². The van der Waals surface area contributed by atoms with Crippen LogP contribution in [0.2, 0.25) is 0 Å². The minimum atomic E-state index is 0.699. The fraction of sp³-hybridized carbons (Fsp3) is 0.312. The van der Waals surface area contributed by atoms with Crippen molar-refractivity contribution in [2.75, 3.05) is 6.54 Å². The summed E-state index contributed by atoms with van der Waals surface area (Å²) in [7, 11) is 1.94. The summed E-state index contributed by atoms with van der Waals surface area (Å²) in [6.45, 7) is 2.76. The highest BCUT2D eigenvalue weighted by molar-refractivity contribution is 5.52. The molecule has 3 aromatic rings. The smallest absolute Gasteiger partial charge is 0.162 e. The predicted octanol–water partition coefficient (Wildman–Crippen LogP) is 1.23. The van der Waals surface area contributed by atoms with E-state index in [0.717, 1.165) is 37.3 Å². The third kappa shape index (κ3) is 2.95. The molecule has 23 heavy (non-hydrogen) atoms. The molecule has 0 fully saturated rings. The molecule has 0 aliphatic carbocycles. The molecule has 0 N–H and O–H groups in total. The molecule has 0 aromatic carbocycles. The molecule has 0 atom stereocenters. The van der Waals surface area contributed by atoms with Gasteiger partial charge in [-0.1, -0.05) is 0 Å². The zero-order chi connectivity index (χ0) is 15.6. The third-order valence-electron chi connectivity index (χ3n) is 4.00. The van der Waals surface area contributed by atoms with Crippen LogP contribution < -0.4 is 0 Å². The van der Waals surface area contributed by atoms with Gasteiger partial charge in [0.1, 0.15) is 6.33 Å². The summed E-state index contributed by atoms with van der Waals surface area (Å²) < 4.78 is 1.84. The molecular formula is C16H17N7. The summed E-state index contributed by atoms with van der Waals surface area (Å²) >= 11 is 0. The first-order valence-corrected chi connectivity index (χ1v) is 7.58. The molecule has 0 saturated carbocycles. The zero-order valence-corrected chi connectivity index (χ0v) is 12.9.